The van der Waals surface area contributed by atoms with Gasteiger partial charge in [0.1, 0.15) is 17.8 Å². The summed E-state index contributed by atoms with van der Waals surface area (Å²) < 4.78 is 0. The van der Waals surface area contributed by atoms with E-state index in [2.05, 4.69) is 20.6 Å². The Kier molecular flexibility index (Phi) is 5.24. The topological polar surface area (TPSA) is 84.0 Å². The van der Waals surface area contributed by atoms with Crippen LogP contribution < -0.4 is 10.6 Å². The maximum Gasteiger partial charge on any atom is 0.274 e. The van der Waals surface area contributed by atoms with Crippen molar-refractivity contribution in [2.75, 3.05) is 10.6 Å². The van der Waals surface area contributed by atoms with Gasteiger partial charge in [-0.05, 0) is 55.5 Å². The van der Waals surface area contributed by atoms with Gasteiger partial charge in [0.25, 0.3) is 5.91 Å². The van der Waals surface area contributed by atoms with Gasteiger partial charge in [0.2, 0.25) is 0 Å². The first-order valence-corrected chi connectivity index (χ1v) is 8.16. The van der Waals surface area contributed by atoms with Gasteiger partial charge in [0, 0.05) is 28.0 Å². The Balaban J connectivity index is 1.72. The number of aromatic nitrogens is 2. The molecule has 1 heterocycles. The number of hydrogen-bond donors (Lipinski definition) is 2. The Morgan fingerprint density at radius 2 is 1.58 bits per heavy atom. The van der Waals surface area contributed by atoms with Crippen LogP contribution in [0.15, 0.2) is 60.9 Å². The molecule has 1 amide bonds. The van der Waals surface area contributed by atoms with Crippen LogP contribution in [0.5, 0.6) is 0 Å². The van der Waals surface area contributed by atoms with Crippen LogP contribution in [0.1, 0.15) is 27.8 Å². The number of hydrogen-bond acceptors (Lipinski definition) is 5. The lowest BCUT2D eigenvalue weighted by Crippen LogP contribution is -2.14. The van der Waals surface area contributed by atoms with Crippen molar-refractivity contribution < 1.29 is 9.59 Å². The van der Waals surface area contributed by atoms with E-state index in [9.17, 15) is 9.59 Å². The second kappa shape index (κ2) is 7.76. The highest BCUT2D eigenvalue weighted by Gasteiger charge is 2.10. The molecule has 0 unspecified atom stereocenters. The minimum atomic E-state index is -0.357. The van der Waals surface area contributed by atoms with Crippen LogP contribution in [0.25, 0.3) is 0 Å². The van der Waals surface area contributed by atoms with Gasteiger partial charge in [0.15, 0.2) is 5.78 Å². The highest BCUT2D eigenvalue weighted by molar-refractivity contribution is 6.30. The second-order valence-electron chi connectivity index (χ2n) is 5.51. The molecule has 0 aliphatic carbocycles. The average molecular weight is 367 g/mol. The largest absolute Gasteiger partial charge is 0.340 e. The normalized spacial score (nSPS) is 10.2. The molecule has 0 fully saturated rings. The van der Waals surface area contributed by atoms with Crippen LogP contribution in [-0.4, -0.2) is 21.7 Å². The van der Waals surface area contributed by atoms with Crippen molar-refractivity contribution in [1.29, 1.82) is 0 Å². The highest BCUT2D eigenvalue weighted by Crippen LogP contribution is 2.17. The van der Waals surface area contributed by atoms with E-state index in [1.807, 2.05) is 0 Å². The molecule has 0 atom stereocenters. The van der Waals surface area contributed by atoms with Gasteiger partial charge in [-0.15, -0.1) is 0 Å². The number of nitrogens with one attached hydrogen (secondary N) is 2. The van der Waals surface area contributed by atoms with Crippen LogP contribution >= 0.6 is 11.6 Å². The zero-order valence-corrected chi connectivity index (χ0v) is 14.6. The summed E-state index contributed by atoms with van der Waals surface area (Å²) in [5.74, 6) is 0.112. The molecule has 7 heteroatoms. The molecule has 0 saturated heterocycles. The first kappa shape index (κ1) is 17.6. The van der Waals surface area contributed by atoms with Gasteiger partial charge >= 0.3 is 0 Å². The zero-order chi connectivity index (χ0) is 18.5. The molecule has 130 valence electrons. The van der Waals surface area contributed by atoms with Crippen molar-refractivity contribution in [3.63, 3.8) is 0 Å². The summed E-state index contributed by atoms with van der Waals surface area (Å²) in [5, 5.41) is 6.41. The van der Waals surface area contributed by atoms with Gasteiger partial charge in [0.05, 0.1) is 0 Å². The molecular weight excluding hydrogens is 352 g/mol. The van der Waals surface area contributed by atoms with Gasteiger partial charge in [-0.3, -0.25) is 9.59 Å². The Morgan fingerprint density at radius 3 is 2.23 bits per heavy atom. The Morgan fingerprint density at radius 1 is 0.923 bits per heavy atom. The molecule has 1 aromatic heterocycles. The minimum Gasteiger partial charge on any atom is -0.340 e. The number of Topliss-reactive ketones (excluding diaryl/α,β-unsaturated/α-hetero) is 1. The molecule has 0 radical (unpaired) electrons. The summed E-state index contributed by atoms with van der Waals surface area (Å²) in [6.45, 7) is 1.51. The van der Waals surface area contributed by atoms with Gasteiger partial charge in [-0.25, -0.2) is 9.97 Å². The van der Waals surface area contributed by atoms with E-state index >= 15 is 0 Å². The molecule has 0 aliphatic heterocycles. The first-order valence-electron chi connectivity index (χ1n) is 7.78. The van der Waals surface area contributed by atoms with Crippen LogP contribution in [0.3, 0.4) is 0 Å². The van der Waals surface area contributed by atoms with Gasteiger partial charge < -0.3 is 10.6 Å². The van der Waals surface area contributed by atoms with Crippen molar-refractivity contribution in [1.82, 2.24) is 9.97 Å². The average Bonchev–Trinajstić information content (AvgIpc) is 2.64. The number of nitrogens with zero attached hydrogens (tertiary/aromatic N) is 2. The van der Waals surface area contributed by atoms with E-state index in [4.69, 9.17) is 11.6 Å². The Hall–Kier alpha value is -3.25. The third-order valence-electron chi connectivity index (χ3n) is 3.57. The van der Waals surface area contributed by atoms with Crippen molar-refractivity contribution in [3.05, 3.63) is 77.2 Å². The van der Waals surface area contributed by atoms with Crippen LogP contribution in [0, 0.1) is 0 Å². The fourth-order valence-corrected chi connectivity index (χ4v) is 2.34. The smallest absolute Gasteiger partial charge is 0.274 e. The number of benzene rings is 2. The summed E-state index contributed by atoms with van der Waals surface area (Å²) in [5.41, 5.74) is 2.21. The van der Waals surface area contributed by atoms with Gasteiger partial charge in [-0.1, -0.05) is 11.6 Å². The van der Waals surface area contributed by atoms with Crippen molar-refractivity contribution >= 4 is 40.5 Å². The highest BCUT2D eigenvalue weighted by atomic mass is 35.5. The molecule has 2 N–H and O–H groups in total. The van der Waals surface area contributed by atoms with Crippen LogP contribution in [0.2, 0.25) is 5.02 Å². The molecule has 0 aliphatic rings. The van der Waals surface area contributed by atoms with Crippen molar-refractivity contribution in [2.45, 2.75) is 6.92 Å². The number of amides is 1. The standard InChI is InChI=1S/C19H15ClN4O2/c1-12(25)13-2-6-15(7-3-13)23-18-10-17(21-11-22-18)19(26)24-16-8-4-14(20)5-9-16/h2-11H,1H3,(H,24,26)(H,21,22,23). The summed E-state index contributed by atoms with van der Waals surface area (Å²) in [6, 6.07) is 15.3. The summed E-state index contributed by atoms with van der Waals surface area (Å²) in [4.78, 5) is 31.7. The zero-order valence-electron chi connectivity index (χ0n) is 13.9. The van der Waals surface area contributed by atoms with E-state index < -0.39 is 0 Å². The number of anilines is 3. The lowest BCUT2D eigenvalue weighted by atomic mass is 10.1. The third-order valence-corrected chi connectivity index (χ3v) is 3.82. The molecule has 3 aromatic rings. The number of carbonyl (C=O) groups is 2. The maximum atomic E-state index is 12.3. The SMILES string of the molecule is CC(=O)c1ccc(Nc2cc(C(=O)Nc3ccc(Cl)cc3)ncn2)cc1. The maximum absolute atomic E-state index is 12.3. The molecule has 3 rings (SSSR count). The Labute approximate surface area is 155 Å². The van der Waals surface area contributed by atoms with E-state index in [-0.39, 0.29) is 17.4 Å². The van der Waals surface area contributed by atoms with E-state index in [1.165, 1.54) is 13.3 Å². The quantitative estimate of drug-likeness (QED) is 0.656. The summed E-state index contributed by atoms with van der Waals surface area (Å²) >= 11 is 5.83. The summed E-state index contributed by atoms with van der Waals surface area (Å²) in [6.07, 6.45) is 1.31. The lowest BCUT2D eigenvalue weighted by molar-refractivity contribution is 0.101. The van der Waals surface area contributed by atoms with E-state index in [1.54, 1.807) is 54.6 Å². The molecule has 0 spiro atoms. The number of rotatable bonds is 5. The summed E-state index contributed by atoms with van der Waals surface area (Å²) in [7, 11) is 0. The molecule has 0 saturated carbocycles. The monoisotopic (exact) mass is 366 g/mol. The van der Waals surface area contributed by atoms with Crippen LogP contribution in [0.4, 0.5) is 17.2 Å². The fourth-order valence-electron chi connectivity index (χ4n) is 2.21. The molecule has 26 heavy (non-hydrogen) atoms. The molecule has 6 nitrogen and oxygen atoms in total. The number of ketones is 1. The number of halogens is 1. The predicted molar refractivity (Wildman–Crippen MR) is 101 cm³/mol. The minimum absolute atomic E-state index is 0.000238. The number of carbonyl (C=O) groups excluding carboxylic acids is 2. The predicted octanol–water partition coefficient (Wildman–Crippen LogP) is 4.33. The molecule has 0 bridgehead atoms. The Bertz CT molecular complexity index is 941. The molecular formula is C19H15ClN4O2. The molecule has 2 aromatic carbocycles. The second-order valence-corrected chi connectivity index (χ2v) is 5.94. The van der Waals surface area contributed by atoms with Gasteiger partial charge in [-0.2, -0.15) is 0 Å². The van der Waals surface area contributed by atoms with E-state index in [0.29, 0.717) is 22.1 Å². The van der Waals surface area contributed by atoms with E-state index in [0.717, 1.165) is 5.69 Å². The lowest BCUT2D eigenvalue weighted by Gasteiger charge is -2.08. The van der Waals surface area contributed by atoms with Crippen molar-refractivity contribution in [2.24, 2.45) is 0 Å². The fraction of sp³-hybridized carbons (Fsp3) is 0.0526. The first-order chi connectivity index (χ1) is 12.5. The van der Waals surface area contributed by atoms with Crippen molar-refractivity contribution in [3.8, 4) is 0 Å². The third kappa shape index (κ3) is 4.43. The van der Waals surface area contributed by atoms with Crippen LogP contribution in [-0.2, 0) is 0 Å².